The van der Waals surface area contributed by atoms with Gasteiger partial charge in [0.2, 0.25) is 0 Å². The van der Waals surface area contributed by atoms with Gasteiger partial charge in [-0.05, 0) is 36.6 Å². The number of nitrogens with zero attached hydrogens (tertiary/aromatic N) is 1. The number of aryl methyl sites for hydroxylation is 1. The van der Waals surface area contributed by atoms with Crippen LogP contribution in [0.3, 0.4) is 0 Å². The van der Waals surface area contributed by atoms with Gasteiger partial charge in [-0.25, -0.2) is 0 Å². The highest BCUT2D eigenvalue weighted by Crippen LogP contribution is 2.22. The molecule has 1 heterocycles. The molecule has 1 aliphatic rings. The van der Waals surface area contributed by atoms with Gasteiger partial charge < -0.3 is 5.32 Å². The first-order chi connectivity index (χ1) is 7.66. The lowest BCUT2D eigenvalue weighted by Crippen LogP contribution is -2.43. The maximum Gasteiger partial charge on any atom is 0.0441 e. The minimum atomic E-state index is 0.894. The quantitative estimate of drug-likeness (QED) is 0.851. The standard InChI is InChI=1S/C13H19ClN2/c1-10-7-12(11(2)13(14)8-10)9-16-5-3-15-4-6-16/h7-8,15H,3-6,9H2,1-2H3. The topological polar surface area (TPSA) is 15.3 Å². The van der Waals surface area contributed by atoms with Gasteiger partial charge in [0.15, 0.2) is 0 Å². The molecule has 0 bridgehead atoms. The summed E-state index contributed by atoms with van der Waals surface area (Å²) in [5, 5.41) is 4.26. The van der Waals surface area contributed by atoms with E-state index in [4.69, 9.17) is 11.6 Å². The highest BCUT2D eigenvalue weighted by Gasteiger charge is 2.12. The van der Waals surface area contributed by atoms with Crippen LogP contribution in [0.1, 0.15) is 16.7 Å². The van der Waals surface area contributed by atoms with Crippen LogP contribution in [-0.4, -0.2) is 31.1 Å². The lowest BCUT2D eigenvalue weighted by atomic mass is 10.0. The molecule has 0 amide bonds. The second-order valence-electron chi connectivity index (χ2n) is 4.56. The fourth-order valence-electron chi connectivity index (χ4n) is 2.16. The van der Waals surface area contributed by atoms with Crippen LogP contribution in [-0.2, 0) is 6.54 Å². The predicted molar refractivity (Wildman–Crippen MR) is 69.1 cm³/mol. The number of nitrogens with one attached hydrogen (secondary N) is 1. The summed E-state index contributed by atoms with van der Waals surface area (Å²) in [7, 11) is 0. The molecule has 16 heavy (non-hydrogen) atoms. The third-order valence-electron chi connectivity index (χ3n) is 3.20. The fourth-order valence-corrected chi connectivity index (χ4v) is 2.45. The molecule has 1 aliphatic heterocycles. The molecule has 3 heteroatoms. The molecule has 88 valence electrons. The first-order valence-electron chi connectivity index (χ1n) is 5.85. The first kappa shape index (κ1) is 11.9. The Morgan fingerprint density at radius 2 is 1.94 bits per heavy atom. The number of benzene rings is 1. The maximum absolute atomic E-state index is 6.21. The Labute approximate surface area is 103 Å². The SMILES string of the molecule is Cc1cc(Cl)c(C)c(CN2CCNCC2)c1. The summed E-state index contributed by atoms with van der Waals surface area (Å²) in [6, 6.07) is 4.29. The number of halogens is 1. The van der Waals surface area contributed by atoms with Gasteiger partial charge in [0.1, 0.15) is 0 Å². The lowest BCUT2D eigenvalue weighted by molar-refractivity contribution is 0.233. The maximum atomic E-state index is 6.21. The predicted octanol–water partition coefficient (Wildman–Crippen LogP) is 2.36. The largest absolute Gasteiger partial charge is 0.314 e. The molecule has 0 atom stereocenters. The summed E-state index contributed by atoms with van der Waals surface area (Å²) in [5.41, 5.74) is 3.85. The van der Waals surface area contributed by atoms with E-state index >= 15 is 0 Å². The van der Waals surface area contributed by atoms with Crippen molar-refractivity contribution in [2.75, 3.05) is 26.2 Å². The Hall–Kier alpha value is -0.570. The minimum absolute atomic E-state index is 0.894. The monoisotopic (exact) mass is 238 g/mol. The molecule has 0 spiro atoms. The molecule has 1 fully saturated rings. The van der Waals surface area contributed by atoms with E-state index in [1.54, 1.807) is 0 Å². The number of piperazine rings is 1. The summed E-state index contributed by atoms with van der Waals surface area (Å²) >= 11 is 6.21. The molecular weight excluding hydrogens is 220 g/mol. The van der Waals surface area contributed by atoms with Crippen molar-refractivity contribution < 1.29 is 0 Å². The molecule has 2 nitrogen and oxygen atoms in total. The first-order valence-corrected chi connectivity index (χ1v) is 6.23. The van der Waals surface area contributed by atoms with E-state index in [-0.39, 0.29) is 0 Å². The highest BCUT2D eigenvalue weighted by atomic mass is 35.5. The average Bonchev–Trinajstić information content (AvgIpc) is 2.27. The van der Waals surface area contributed by atoms with E-state index in [9.17, 15) is 0 Å². The summed E-state index contributed by atoms with van der Waals surface area (Å²) in [6.07, 6.45) is 0. The van der Waals surface area contributed by atoms with Gasteiger partial charge in [-0.1, -0.05) is 17.7 Å². The molecule has 2 rings (SSSR count). The number of hydrogen-bond donors (Lipinski definition) is 1. The van der Waals surface area contributed by atoms with Crippen LogP contribution in [0, 0.1) is 13.8 Å². The molecule has 1 N–H and O–H groups in total. The molecule has 0 radical (unpaired) electrons. The van der Waals surface area contributed by atoms with Crippen LogP contribution in [0.25, 0.3) is 0 Å². The van der Waals surface area contributed by atoms with Gasteiger partial charge in [0.05, 0.1) is 0 Å². The molecular formula is C13H19ClN2. The van der Waals surface area contributed by atoms with Crippen molar-refractivity contribution in [3.05, 3.63) is 33.8 Å². The van der Waals surface area contributed by atoms with E-state index in [0.29, 0.717) is 0 Å². The summed E-state index contributed by atoms with van der Waals surface area (Å²) in [4.78, 5) is 2.48. The third kappa shape index (κ3) is 2.76. The van der Waals surface area contributed by atoms with Crippen molar-refractivity contribution in [1.29, 1.82) is 0 Å². The fraction of sp³-hybridized carbons (Fsp3) is 0.538. The summed E-state index contributed by atoms with van der Waals surface area (Å²) in [6.45, 7) is 9.69. The Kier molecular flexibility index (Phi) is 3.85. The Morgan fingerprint density at radius 1 is 1.25 bits per heavy atom. The molecule has 0 aromatic heterocycles. The molecule has 1 aromatic carbocycles. The third-order valence-corrected chi connectivity index (χ3v) is 3.59. The van der Waals surface area contributed by atoms with Gasteiger partial charge in [-0.2, -0.15) is 0 Å². The molecule has 0 saturated carbocycles. The van der Waals surface area contributed by atoms with Crippen LogP contribution in [0.15, 0.2) is 12.1 Å². The Bertz CT molecular complexity index is 370. The zero-order valence-electron chi connectivity index (χ0n) is 10.0. The van der Waals surface area contributed by atoms with Gasteiger partial charge >= 0.3 is 0 Å². The van der Waals surface area contributed by atoms with E-state index < -0.39 is 0 Å². The van der Waals surface area contributed by atoms with E-state index in [1.807, 2.05) is 6.07 Å². The van der Waals surface area contributed by atoms with Crippen LogP contribution in [0.5, 0.6) is 0 Å². The van der Waals surface area contributed by atoms with Crippen LogP contribution in [0.4, 0.5) is 0 Å². The van der Waals surface area contributed by atoms with Crippen molar-refractivity contribution in [3.8, 4) is 0 Å². The number of hydrogen-bond acceptors (Lipinski definition) is 2. The molecule has 1 saturated heterocycles. The molecule has 1 aromatic rings. The second-order valence-corrected chi connectivity index (χ2v) is 4.96. The van der Waals surface area contributed by atoms with E-state index in [2.05, 4.69) is 30.1 Å². The van der Waals surface area contributed by atoms with Crippen molar-refractivity contribution in [3.63, 3.8) is 0 Å². The smallest absolute Gasteiger partial charge is 0.0441 e. The van der Waals surface area contributed by atoms with E-state index in [1.165, 1.54) is 16.7 Å². The molecule has 0 aliphatic carbocycles. The van der Waals surface area contributed by atoms with Crippen LogP contribution < -0.4 is 5.32 Å². The highest BCUT2D eigenvalue weighted by molar-refractivity contribution is 6.31. The Morgan fingerprint density at radius 3 is 2.62 bits per heavy atom. The van der Waals surface area contributed by atoms with Crippen molar-refractivity contribution in [2.45, 2.75) is 20.4 Å². The van der Waals surface area contributed by atoms with Crippen molar-refractivity contribution in [2.24, 2.45) is 0 Å². The zero-order valence-corrected chi connectivity index (χ0v) is 10.8. The van der Waals surface area contributed by atoms with Gasteiger partial charge in [0, 0.05) is 37.7 Å². The zero-order chi connectivity index (χ0) is 11.5. The molecule has 0 unspecified atom stereocenters. The van der Waals surface area contributed by atoms with Crippen molar-refractivity contribution in [1.82, 2.24) is 10.2 Å². The van der Waals surface area contributed by atoms with Gasteiger partial charge in [-0.15, -0.1) is 0 Å². The van der Waals surface area contributed by atoms with Gasteiger partial charge in [0.25, 0.3) is 0 Å². The van der Waals surface area contributed by atoms with Crippen LogP contribution >= 0.6 is 11.6 Å². The second kappa shape index (κ2) is 5.17. The normalized spacial score (nSPS) is 17.7. The number of rotatable bonds is 2. The Balaban J connectivity index is 2.13. The van der Waals surface area contributed by atoms with E-state index in [0.717, 1.165) is 37.7 Å². The minimum Gasteiger partial charge on any atom is -0.314 e. The summed E-state index contributed by atoms with van der Waals surface area (Å²) < 4.78 is 0. The van der Waals surface area contributed by atoms with Crippen LogP contribution in [0.2, 0.25) is 5.02 Å². The summed E-state index contributed by atoms with van der Waals surface area (Å²) in [5.74, 6) is 0. The van der Waals surface area contributed by atoms with Crippen molar-refractivity contribution >= 4 is 11.6 Å². The lowest BCUT2D eigenvalue weighted by Gasteiger charge is -2.28. The van der Waals surface area contributed by atoms with Gasteiger partial charge in [-0.3, -0.25) is 4.90 Å². The average molecular weight is 239 g/mol.